The minimum Gasteiger partial charge on any atom is -0.335 e. The average Bonchev–Trinajstić information content (AvgIpc) is 3.33. The van der Waals surface area contributed by atoms with E-state index in [2.05, 4.69) is 41.9 Å². The number of hydrogen-bond acceptors (Lipinski definition) is 3. The highest BCUT2D eigenvalue weighted by Gasteiger charge is 2.15. The highest BCUT2D eigenvalue weighted by molar-refractivity contribution is 5.87. The molecule has 3 rings (SSSR count). The third kappa shape index (κ3) is 4.73. The summed E-state index contributed by atoms with van der Waals surface area (Å²) in [6.07, 6.45) is 9.76. The van der Waals surface area contributed by atoms with Gasteiger partial charge in [-0.1, -0.05) is 30.3 Å². The fourth-order valence-electron chi connectivity index (χ4n) is 3.12. The van der Waals surface area contributed by atoms with E-state index in [0.29, 0.717) is 13.1 Å². The van der Waals surface area contributed by atoms with Crippen molar-refractivity contribution in [3.05, 3.63) is 72.8 Å². The second-order valence-electron chi connectivity index (χ2n) is 6.65. The Hall–Kier alpha value is -3.15. The van der Waals surface area contributed by atoms with Gasteiger partial charge in [0.25, 0.3) is 0 Å². The van der Waals surface area contributed by atoms with Gasteiger partial charge >= 0.3 is 0 Å². The first kappa shape index (κ1) is 18.6. The molecule has 0 aliphatic carbocycles. The van der Waals surface area contributed by atoms with Crippen LogP contribution in [0.25, 0.3) is 11.1 Å². The highest BCUT2D eigenvalue weighted by Crippen LogP contribution is 2.26. The van der Waals surface area contributed by atoms with Crippen molar-refractivity contribution in [1.82, 2.24) is 24.5 Å². The normalized spacial score (nSPS) is 10.7. The first-order valence-corrected chi connectivity index (χ1v) is 9.04. The molecule has 0 unspecified atom stereocenters. The maximum atomic E-state index is 12.4. The zero-order valence-corrected chi connectivity index (χ0v) is 15.9. The SMILES string of the molecule is C=CC(=O)N(CCCn1cccn1)Cc1ccc(C)cc1-c1cnn(C)c1. The zero-order valence-electron chi connectivity index (χ0n) is 15.9. The molecule has 6 heteroatoms. The van der Waals surface area contributed by atoms with Crippen LogP contribution in [-0.4, -0.2) is 36.9 Å². The number of hydrogen-bond donors (Lipinski definition) is 0. The van der Waals surface area contributed by atoms with Crippen LogP contribution >= 0.6 is 0 Å². The van der Waals surface area contributed by atoms with Crippen molar-refractivity contribution in [3.8, 4) is 11.1 Å². The lowest BCUT2D eigenvalue weighted by Crippen LogP contribution is -2.30. The van der Waals surface area contributed by atoms with Gasteiger partial charge in [-0.25, -0.2) is 0 Å². The maximum Gasteiger partial charge on any atom is 0.246 e. The van der Waals surface area contributed by atoms with Crippen LogP contribution in [0.15, 0.2) is 61.7 Å². The smallest absolute Gasteiger partial charge is 0.246 e. The molecule has 6 nitrogen and oxygen atoms in total. The summed E-state index contributed by atoms with van der Waals surface area (Å²) in [5, 5.41) is 8.49. The van der Waals surface area contributed by atoms with Gasteiger partial charge in [0.05, 0.1) is 6.20 Å². The molecule has 0 spiro atoms. The minimum absolute atomic E-state index is 0.0619. The molecular formula is C21H25N5O. The quantitative estimate of drug-likeness (QED) is 0.578. The molecule has 2 aromatic heterocycles. The van der Waals surface area contributed by atoms with Crippen molar-refractivity contribution >= 4 is 5.91 Å². The minimum atomic E-state index is -0.0619. The van der Waals surface area contributed by atoms with Crippen LogP contribution in [0.1, 0.15) is 17.5 Å². The van der Waals surface area contributed by atoms with Gasteiger partial charge in [-0.3, -0.25) is 14.2 Å². The maximum absolute atomic E-state index is 12.4. The van der Waals surface area contributed by atoms with Crippen molar-refractivity contribution in [3.63, 3.8) is 0 Å². The fourth-order valence-corrected chi connectivity index (χ4v) is 3.12. The molecule has 0 aliphatic rings. The first-order valence-electron chi connectivity index (χ1n) is 9.04. The Labute approximate surface area is 159 Å². The van der Waals surface area contributed by atoms with Gasteiger partial charge in [-0.2, -0.15) is 10.2 Å². The molecule has 0 saturated carbocycles. The van der Waals surface area contributed by atoms with Crippen molar-refractivity contribution in [2.75, 3.05) is 6.54 Å². The molecule has 0 aliphatic heterocycles. The van der Waals surface area contributed by atoms with E-state index >= 15 is 0 Å². The molecule has 1 amide bonds. The molecule has 0 bridgehead atoms. The van der Waals surface area contributed by atoms with E-state index in [4.69, 9.17) is 0 Å². The molecule has 0 radical (unpaired) electrons. The number of carbonyl (C=O) groups is 1. The number of aryl methyl sites for hydroxylation is 3. The highest BCUT2D eigenvalue weighted by atomic mass is 16.2. The molecule has 1 aromatic carbocycles. The van der Waals surface area contributed by atoms with E-state index in [1.807, 2.05) is 41.3 Å². The van der Waals surface area contributed by atoms with E-state index in [-0.39, 0.29) is 5.91 Å². The third-order valence-electron chi connectivity index (χ3n) is 4.50. The largest absolute Gasteiger partial charge is 0.335 e. The van der Waals surface area contributed by atoms with Crippen molar-refractivity contribution in [2.45, 2.75) is 26.4 Å². The monoisotopic (exact) mass is 363 g/mol. The molecule has 140 valence electrons. The molecule has 0 fully saturated rings. The van der Waals surface area contributed by atoms with Gasteiger partial charge in [-0.15, -0.1) is 0 Å². The first-order chi connectivity index (χ1) is 13.1. The van der Waals surface area contributed by atoms with Gasteiger partial charge in [0.15, 0.2) is 0 Å². The Morgan fingerprint density at radius 3 is 2.85 bits per heavy atom. The Kier molecular flexibility index (Phi) is 5.86. The number of nitrogens with zero attached hydrogens (tertiary/aromatic N) is 5. The van der Waals surface area contributed by atoms with Crippen LogP contribution in [0.4, 0.5) is 0 Å². The summed E-state index contributed by atoms with van der Waals surface area (Å²) in [5.74, 6) is -0.0619. The van der Waals surface area contributed by atoms with Crippen LogP contribution in [0.5, 0.6) is 0 Å². The lowest BCUT2D eigenvalue weighted by Gasteiger charge is -2.23. The van der Waals surface area contributed by atoms with Crippen LogP contribution < -0.4 is 0 Å². The van der Waals surface area contributed by atoms with Crippen LogP contribution in [0, 0.1) is 6.92 Å². The number of aromatic nitrogens is 4. The molecule has 0 atom stereocenters. The Morgan fingerprint density at radius 2 is 2.19 bits per heavy atom. The van der Waals surface area contributed by atoms with Crippen molar-refractivity contribution in [2.24, 2.45) is 7.05 Å². The van der Waals surface area contributed by atoms with E-state index in [1.54, 1.807) is 10.9 Å². The second-order valence-corrected chi connectivity index (χ2v) is 6.65. The summed E-state index contributed by atoms with van der Waals surface area (Å²) in [6, 6.07) is 8.22. The van der Waals surface area contributed by atoms with Crippen molar-refractivity contribution < 1.29 is 4.79 Å². The van der Waals surface area contributed by atoms with Gasteiger partial charge < -0.3 is 4.90 Å². The third-order valence-corrected chi connectivity index (χ3v) is 4.50. The van der Waals surface area contributed by atoms with Gasteiger partial charge in [0.1, 0.15) is 0 Å². The molecule has 0 N–H and O–H groups in total. The lowest BCUT2D eigenvalue weighted by atomic mass is 9.99. The van der Waals surface area contributed by atoms with Crippen LogP contribution in [-0.2, 0) is 24.9 Å². The molecule has 27 heavy (non-hydrogen) atoms. The molecular weight excluding hydrogens is 338 g/mol. The van der Waals surface area contributed by atoms with Gasteiger partial charge in [0.2, 0.25) is 5.91 Å². The summed E-state index contributed by atoms with van der Waals surface area (Å²) in [4.78, 5) is 14.2. The number of rotatable bonds is 8. The van der Waals surface area contributed by atoms with Gasteiger partial charge in [0, 0.05) is 50.8 Å². The summed E-state index contributed by atoms with van der Waals surface area (Å²) in [6.45, 7) is 7.68. The topological polar surface area (TPSA) is 56.0 Å². The summed E-state index contributed by atoms with van der Waals surface area (Å²) in [5.41, 5.74) is 4.44. The number of benzene rings is 1. The van der Waals surface area contributed by atoms with Gasteiger partial charge in [-0.05, 0) is 36.6 Å². The molecule has 0 saturated heterocycles. The van der Waals surface area contributed by atoms with E-state index in [1.165, 1.54) is 11.6 Å². The van der Waals surface area contributed by atoms with E-state index in [0.717, 1.165) is 29.7 Å². The standard InChI is InChI=1S/C21H25N5O/c1-4-21(27)25(10-6-12-26-11-5-9-22-26)16-18-8-7-17(2)13-20(18)19-14-23-24(3)15-19/h4-5,7-9,11,13-15H,1,6,10,12,16H2,2-3H3. The summed E-state index contributed by atoms with van der Waals surface area (Å²) >= 11 is 0. The predicted molar refractivity (Wildman–Crippen MR) is 106 cm³/mol. The Morgan fingerprint density at radius 1 is 1.33 bits per heavy atom. The predicted octanol–water partition coefficient (Wildman–Crippen LogP) is 3.20. The summed E-state index contributed by atoms with van der Waals surface area (Å²) < 4.78 is 3.67. The van der Waals surface area contributed by atoms with Crippen LogP contribution in [0.3, 0.4) is 0 Å². The lowest BCUT2D eigenvalue weighted by molar-refractivity contribution is -0.126. The van der Waals surface area contributed by atoms with E-state index in [9.17, 15) is 4.79 Å². The Balaban J connectivity index is 1.78. The summed E-state index contributed by atoms with van der Waals surface area (Å²) in [7, 11) is 1.90. The zero-order chi connectivity index (χ0) is 19.2. The number of amides is 1. The number of carbonyl (C=O) groups excluding carboxylic acids is 1. The Bertz CT molecular complexity index is 911. The van der Waals surface area contributed by atoms with E-state index < -0.39 is 0 Å². The second kappa shape index (κ2) is 8.49. The molecule has 2 heterocycles. The average molecular weight is 363 g/mol. The van der Waals surface area contributed by atoms with Crippen LogP contribution in [0.2, 0.25) is 0 Å². The van der Waals surface area contributed by atoms with Crippen molar-refractivity contribution in [1.29, 1.82) is 0 Å². The fraction of sp³-hybridized carbons (Fsp3) is 0.286. The molecule has 3 aromatic rings.